The number of aliphatic carboxylic acids is 1. The first-order valence-corrected chi connectivity index (χ1v) is 9.76. The van der Waals surface area contributed by atoms with Crippen LogP contribution in [0.3, 0.4) is 0 Å². The molecular weight excluding hydrogens is 346 g/mol. The number of likely N-dealkylation sites (tertiary alicyclic amines) is 2. The van der Waals surface area contributed by atoms with Crippen LogP contribution in [0, 0.1) is 5.41 Å². The van der Waals surface area contributed by atoms with E-state index in [4.69, 9.17) is 4.74 Å². The van der Waals surface area contributed by atoms with E-state index in [-0.39, 0.29) is 11.9 Å². The maximum Gasteiger partial charge on any atom is 0.311 e. The van der Waals surface area contributed by atoms with E-state index in [0.717, 1.165) is 43.5 Å². The van der Waals surface area contributed by atoms with Gasteiger partial charge in [-0.25, -0.2) is 4.98 Å². The highest BCUT2D eigenvalue weighted by Crippen LogP contribution is 2.42. The molecule has 7 nitrogen and oxygen atoms in total. The van der Waals surface area contributed by atoms with E-state index in [1.54, 1.807) is 12.0 Å². The van der Waals surface area contributed by atoms with Crippen LogP contribution in [0.4, 0.5) is 0 Å². The molecule has 0 radical (unpaired) electrons. The highest BCUT2D eigenvalue weighted by atomic mass is 16.5. The molecule has 146 valence electrons. The average molecular weight is 373 g/mol. The summed E-state index contributed by atoms with van der Waals surface area (Å²) < 4.78 is 5.41. The number of nitrogens with zero attached hydrogens (tertiary/aromatic N) is 3. The fraction of sp³-hybridized carbons (Fsp3) is 0.650. The lowest BCUT2D eigenvalue weighted by atomic mass is 9.68. The highest BCUT2D eigenvalue weighted by molar-refractivity contribution is 5.97. The molecule has 0 aromatic carbocycles. The van der Waals surface area contributed by atoms with E-state index in [1.807, 2.05) is 13.1 Å². The Morgan fingerprint density at radius 2 is 2.07 bits per heavy atom. The third-order valence-electron chi connectivity index (χ3n) is 6.68. The number of rotatable bonds is 3. The van der Waals surface area contributed by atoms with E-state index in [2.05, 4.69) is 9.88 Å². The van der Waals surface area contributed by atoms with Gasteiger partial charge in [-0.05, 0) is 63.7 Å². The number of carboxylic acid groups (broad SMARTS) is 1. The maximum absolute atomic E-state index is 13.3. The molecule has 3 heterocycles. The molecule has 1 aromatic rings. The van der Waals surface area contributed by atoms with Crippen LogP contribution in [0.2, 0.25) is 0 Å². The predicted octanol–water partition coefficient (Wildman–Crippen LogP) is 1.59. The number of aryl methyl sites for hydroxylation is 2. The van der Waals surface area contributed by atoms with Gasteiger partial charge in [0.1, 0.15) is 5.56 Å². The van der Waals surface area contributed by atoms with Crippen molar-refractivity contribution in [2.75, 3.05) is 33.8 Å². The maximum atomic E-state index is 13.3. The van der Waals surface area contributed by atoms with Crippen molar-refractivity contribution in [3.63, 3.8) is 0 Å². The Bertz CT molecular complexity index is 781. The molecule has 1 aliphatic carbocycles. The number of carboxylic acids is 1. The smallest absolute Gasteiger partial charge is 0.311 e. The zero-order chi connectivity index (χ0) is 19.2. The minimum atomic E-state index is -0.746. The van der Waals surface area contributed by atoms with Crippen LogP contribution in [0.5, 0.6) is 5.88 Å². The van der Waals surface area contributed by atoms with Crippen LogP contribution in [0.25, 0.3) is 0 Å². The van der Waals surface area contributed by atoms with Crippen LogP contribution >= 0.6 is 0 Å². The number of carbonyl (C=O) groups is 2. The van der Waals surface area contributed by atoms with Gasteiger partial charge in [0.05, 0.1) is 12.5 Å². The quantitative estimate of drug-likeness (QED) is 0.866. The minimum absolute atomic E-state index is 0.105. The first kappa shape index (κ1) is 18.2. The topological polar surface area (TPSA) is 83.0 Å². The summed E-state index contributed by atoms with van der Waals surface area (Å²) in [6.07, 6.45) is 4.99. The summed E-state index contributed by atoms with van der Waals surface area (Å²) in [5.41, 5.74) is 1.91. The fourth-order valence-electron chi connectivity index (χ4n) is 5.10. The Morgan fingerprint density at radius 1 is 1.26 bits per heavy atom. The van der Waals surface area contributed by atoms with Crippen molar-refractivity contribution in [2.24, 2.45) is 5.41 Å². The molecule has 7 heteroatoms. The molecule has 1 amide bonds. The number of methoxy groups -OCH3 is 1. The van der Waals surface area contributed by atoms with Gasteiger partial charge in [-0.2, -0.15) is 0 Å². The Morgan fingerprint density at radius 3 is 2.81 bits per heavy atom. The van der Waals surface area contributed by atoms with Crippen LogP contribution in [0.1, 0.15) is 47.3 Å². The largest absolute Gasteiger partial charge is 0.481 e. The van der Waals surface area contributed by atoms with Gasteiger partial charge in [0.25, 0.3) is 5.91 Å². The molecule has 0 saturated carbocycles. The van der Waals surface area contributed by atoms with E-state index < -0.39 is 11.4 Å². The van der Waals surface area contributed by atoms with E-state index in [0.29, 0.717) is 37.4 Å². The van der Waals surface area contributed by atoms with Gasteiger partial charge in [0, 0.05) is 24.8 Å². The number of aromatic nitrogens is 1. The summed E-state index contributed by atoms with van der Waals surface area (Å²) in [6, 6.07) is 1.77. The molecule has 1 aromatic heterocycles. The molecule has 27 heavy (non-hydrogen) atoms. The Kier molecular flexibility index (Phi) is 4.58. The van der Waals surface area contributed by atoms with Crippen LogP contribution < -0.4 is 4.74 Å². The number of piperidine rings is 2. The summed E-state index contributed by atoms with van der Waals surface area (Å²) in [6.45, 7) is 1.75. The lowest BCUT2D eigenvalue weighted by Gasteiger charge is -2.51. The highest BCUT2D eigenvalue weighted by Gasteiger charge is 2.53. The van der Waals surface area contributed by atoms with Crippen molar-refractivity contribution < 1.29 is 19.4 Å². The molecule has 0 unspecified atom stereocenters. The third-order valence-corrected chi connectivity index (χ3v) is 6.68. The van der Waals surface area contributed by atoms with Crippen molar-refractivity contribution in [2.45, 2.75) is 44.6 Å². The van der Waals surface area contributed by atoms with E-state index >= 15 is 0 Å². The summed E-state index contributed by atoms with van der Waals surface area (Å²) in [5.74, 6) is -0.456. The summed E-state index contributed by atoms with van der Waals surface area (Å²) in [5, 5.41) is 9.91. The summed E-state index contributed by atoms with van der Waals surface area (Å²) in [7, 11) is 3.51. The van der Waals surface area contributed by atoms with E-state index in [1.165, 1.54) is 0 Å². The van der Waals surface area contributed by atoms with Gasteiger partial charge in [-0.15, -0.1) is 0 Å². The first-order valence-electron chi connectivity index (χ1n) is 9.76. The van der Waals surface area contributed by atoms with Gasteiger partial charge >= 0.3 is 5.97 Å². The number of amides is 1. The van der Waals surface area contributed by atoms with Crippen molar-refractivity contribution in [3.8, 4) is 5.88 Å². The number of fused-ring (bicyclic) bond motifs is 2. The Hall–Kier alpha value is -2.15. The molecule has 4 rings (SSSR count). The molecular formula is C20H27N3O4. The van der Waals surface area contributed by atoms with Gasteiger partial charge in [0.2, 0.25) is 5.88 Å². The zero-order valence-corrected chi connectivity index (χ0v) is 16.0. The molecule has 2 aliphatic heterocycles. The van der Waals surface area contributed by atoms with Crippen molar-refractivity contribution in [1.29, 1.82) is 0 Å². The predicted molar refractivity (Wildman–Crippen MR) is 99.1 cm³/mol. The fourth-order valence-corrected chi connectivity index (χ4v) is 5.10. The zero-order valence-electron chi connectivity index (χ0n) is 16.0. The van der Waals surface area contributed by atoms with Crippen LogP contribution in [-0.4, -0.2) is 71.6 Å². The average Bonchev–Trinajstić information content (AvgIpc) is 3.13. The number of likely N-dealkylation sites (N-methyl/N-ethyl adjacent to an activating group) is 1. The van der Waals surface area contributed by atoms with Crippen molar-refractivity contribution in [1.82, 2.24) is 14.8 Å². The van der Waals surface area contributed by atoms with Gasteiger partial charge in [-0.3, -0.25) is 9.59 Å². The summed E-state index contributed by atoms with van der Waals surface area (Å²) >= 11 is 0. The molecule has 2 atom stereocenters. The lowest BCUT2D eigenvalue weighted by Crippen LogP contribution is -2.63. The minimum Gasteiger partial charge on any atom is -0.481 e. The second-order valence-corrected chi connectivity index (χ2v) is 8.07. The molecule has 0 spiro atoms. The van der Waals surface area contributed by atoms with Crippen LogP contribution in [0.15, 0.2) is 6.07 Å². The van der Waals surface area contributed by atoms with Gasteiger partial charge in [0.15, 0.2) is 0 Å². The molecule has 0 bridgehead atoms. The standard InChI is InChI=1S/C20H27N3O4/c1-22-9-4-7-20(19(25)26)8-10-23(12-16(20)22)18(24)14-11-13-5-3-6-15(13)21-17(14)27-2/h11,16H,3-10,12H2,1-2H3,(H,25,26)/t16-,20+/m1/s1. The Balaban J connectivity index is 1.62. The molecule has 1 N–H and O–H groups in total. The normalized spacial score (nSPS) is 27.8. The van der Waals surface area contributed by atoms with Gasteiger partial charge < -0.3 is 19.6 Å². The number of hydrogen-bond donors (Lipinski definition) is 1. The van der Waals surface area contributed by atoms with Crippen molar-refractivity contribution >= 4 is 11.9 Å². The van der Waals surface area contributed by atoms with Gasteiger partial charge in [-0.1, -0.05) is 0 Å². The summed E-state index contributed by atoms with van der Waals surface area (Å²) in [4.78, 5) is 33.8. The van der Waals surface area contributed by atoms with Crippen molar-refractivity contribution in [3.05, 3.63) is 22.9 Å². The first-order chi connectivity index (χ1) is 13.0. The number of carbonyl (C=O) groups excluding carboxylic acids is 1. The molecule has 2 saturated heterocycles. The second-order valence-electron chi connectivity index (χ2n) is 8.07. The van der Waals surface area contributed by atoms with E-state index in [9.17, 15) is 14.7 Å². The number of hydrogen-bond acceptors (Lipinski definition) is 5. The SMILES string of the molecule is COc1nc2c(cc1C(=O)N1CC[C@@]3(C(=O)O)CCCN(C)[C@@H]3C1)CCC2. The number of pyridine rings is 1. The number of ether oxygens (including phenoxy) is 1. The Labute approximate surface area is 159 Å². The lowest BCUT2D eigenvalue weighted by molar-refractivity contribution is -0.161. The second kappa shape index (κ2) is 6.78. The molecule has 3 aliphatic rings. The monoisotopic (exact) mass is 373 g/mol. The third kappa shape index (κ3) is 2.88. The molecule has 2 fully saturated rings. The van der Waals surface area contributed by atoms with Crippen LogP contribution in [-0.2, 0) is 17.6 Å².